The molecule has 1 aromatic heterocycles. The number of carbonyl (C=O) groups is 2. The minimum Gasteiger partial charge on any atom is -0.453 e. The number of aromatic nitrogens is 1. The van der Waals surface area contributed by atoms with Crippen LogP contribution in [0.4, 0.5) is 11.4 Å². The summed E-state index contributed by atoms with van der Waals surface area (Å²) in [5.41, 5.74) is 0.885. The summed E-state index contributed by atoms with van der Waals surface area (Å²) >= 11 is 7.46. The van der Waals surface area contributed by atoms with Gasteiger partial charge in [-0.1, -0.05) is 23.7 Å². The van der Waals surface area contributed by atoms with Crippen molar-refractivity contribution >= 4 is 56.4 Å². The van der Waals surface area contributed by atoms with Crippen molar-refractivity contribution in [1.29, 1.82) is 0 Å². The fourth-order valence-electron chi connectivity index (χ4n) is 2.50. The molecule has 1 heterocycles. The van der Waals surface area contributed by atoms with E-state index in [0.717, 1.165) is 21.3 Å². The van der Waals surface area contributed by atoms with Gasteiger partial charge in [-0.15, -0.1) is 11.3 Å². The number of nitro groups is 1. The average Bonchev–Trinajstić information content (AvgIpc) is 3.10. The molecule has 10 heteroatoms. The maximum absolute atomic E-state index is 12.2. The number of ether oxygens (including phenoxy) is 1. The lowest BCUT2D eigenvalue weighted by Crippen LogP contribution is -2.30. The molecule has 3 rings (SSSR count). The number of benzene rings is 2. The van der Waals surface area contributed by atoms with Crippen molar-refractivity contribution in [2.24, 2.45) is 0 Å². The zero-order chi connectivity index (χ0) is 21.0. The zero-order valence-electron chi connectivity index (χ0n) is 15.3. The van der Waals surface area contributed by atoms with Crippen LogP contribution < -0.4 is 5.32 Å². The number of hydrogen-bond acceptors (Lipinski definition) is 7. The maximum Gasteiger partial charge on any atom is 0.306 e. The standard InChI is InChI=1S/C19H16ClN3O5S/c1-11(19(25)22-14-7-6-12(23(26)27)10-13(14)20)28-18(24)9-8-17-21-15-4-2-3-5-16(15)29-17/h2-7,10-11H,8-9H2,1H3,(H,22,25). The van der Waals surface area contributed by atoms with E-state index in [4.69, 9.17) is 16.3 Å². The van der Waals surface area contributed by atoms with Gasteiger partial charge in [0.05, 0.1) is 37.3 Å². The lowest BCUT2D eigenvalue weighted by atomic mass is 10.2. The number of para-hydroxylation sites is 1. The van der Waals surface area contributed by atoms with Crippen molar-refractivity contribution in [1.82, 2.24) is 4.98 Å². The SMILES string of the molecule is CC(OC(=O)CCc1nc2ccccc2s1)C(=O)Nc1ccc([N+](=O)[O-])cc1Cl. The molecule has 0 bridgehead atoms. The molecule has 0 fully saturated rings. The zero-order valence-corrected chi connectivity index (χ0v) is 16.8. The number of thiazole rings is 1. The number of rotatable bonds is 7. The molecule has 1 N–H and O–H groups in total. The second-order valence-electron chi connectivity index (χ2n) is 6.12. The van der Waals surface area contributed by atoms with E-state index in [1.807, 2.05) is 24.3 Å². The van der Waals surface area contributed by atoms with Crippen LogP contribution in [0.5, 0.6) is 0 Å². The van der Waals surface area contributed by atoms with Gasteiger partial charge in [0, 0.05) is 18.6 Å². The minimum atomic E-state index is -1.05. The van der Waals surface area contributed by atoms with Gasteiger partial charge in [-0.25, -0.2) is 4.98 Å². The second kappa shape index (κ2) is 8.97. The van der Waals surface area contributed by atoms with E-state index in [1.165, 1.54) is 30.4 Å². The van der Waals surface area contributed by atoms with Crippen LogP contribution in [0, 0.1) is 10.1 Å². The van der Waals surface area contributed by atoms with Gasteiger partial charge in [0.1, 0.15) is 0 Å². The van der Waals surface area contributed by atoms with E-state index >= 15 is 0 Å². The summed E-state index contributed by atoms with van der Waals surface area (Å²) in [6.45, 7) is 1.43. The number of non-ortho nitro benzene ring substituents is 1. The van der Waals surface area contributed by atoms with E-state index in [0.29, 0.717) is 6.42 Å². The minimum absolute atomic E-state index is 0.0157. The van der Waals surface area contributed by atoms with Gasteiger partial charge in [0.25, 0.3) is 11.6 Å². The van der Waals surface area contributed by atoms with Crippen molar-refractivity contribution in [3.8, 4) is 0 Å². The van der Waals surface area contributed by atoms with Gasteiger partial charge < -0.3 is 10.1 Å². The highest BCUT2D eigenvalue weighted by Gasteiger charge is 2.20. The highest BCUT2D eigenvalue weighted by Crippen LogP contribution is 2.27. The quantitative estimate of drug-likeness (QED) is 0.336. The second-order valence-corrected chi connectivity index (χ2v) is 7.64. The van der Waals surface area contributed by atoms with Crippen molar-refractivity contribution in [3.05, 3.63) is 62.6 Å². The molecular formula is C19H16ClN3O5S. The number of nitrogens with zero attached hydrogens (tertiary/aromatic N) is 2. The Morgan fingerprint density at radius 2 is 2.07 bits per heavy atom. The molecule has 29 heavy (non-hydrogen) atoms. The number of nitrogens with one attached hydrogen (secondary N) is 1. The summed E-state index contributed by atoms with van der Waals surface area (Å²) in [7, 11) is 0. The van der Waals surface area contributed by atoms with Crippen LogP contribution in [0.3, 0.4) is 0 Å². The van der Waals surface area contributed by atoms with Crippen LogP contribution in [0.25, 0.3) is 10.2 Å². The van der Waals surface area contributed by atoms with Gasteiger partial charge in [-0.2, -0.15) is 0 Å². The third-order valence-corrected chi connectivity index (χ3v) is 5.39. The molecule has 1 atom stereocenters. The smallest absolute Gasteiger partial charge is 0.306 e. The largest absolute Gasteiger partial charge is 0.453 e. The fourth-order valence-corrected chi connectivity index (χ4v) is 3.69. The molecule has 8 nitrogen and oxygen atoms in total. The molecule has 0 aliphatic carbocycles. The summed E-state index contributed by atoms with van der Waals surface area (Å²) in [6.07, 6.45) is -0.541. The molecule has 3 aromatic rings. The number of fused-ring (bicyclic) bond motifs is 1. The third-order valence-electron chi connectivity index (χ3n) is 3.98. The molecule has 2 aromatic carbocycles. The number of hydrogen-bond donors (Lipinski definition) is 1. The van der Waals surface area contributed by atoms with Crippen LogP contribution in [0.1, 0.15) is 18.4 Å². The normalized spacial score (nSPS) is 11.8. The Kier molecular flexibility index (Phi) is 6.40. The Morgan fingerprint density at radius 3 is 2.76 bits per heavy atom. The number of aryl methyl sites for hydroxylation is 1. The number of nitro benzene ring substituents is 1. The van der Waals surface area contributed by atoms with E-state index in [2.05, 4.69) is 10.3 Å². The summed E-state index contributed by atoms with van der Waals surface area (Å²) in [5.74, 6) is -1.12. The van der Waals surface area contributed by atoms with E-state index in [-0.39, 0.29) is 22.8 Å². The number of esters is 1. The topological polar surface area (TPSA) is 111 Å². The number of anilines is 1. The first kappa shape index (κ1) is 20.7. The third kappa shape index (κ3) is 5.27. The Morgan fingerprint density at radius 1 is 1.31 bits per heavy atom. The van der Waals surface area contributed by atoms with Crippen LogP contribution in [-0.4, -0.2) is 27.9 Å². The van der Waals surface area contributed by atoms with E-state index < -0.39 is 22.9 Å². The fraction of sp³-hybridized carbons (Fsp3) is 0.211. The Balaban J connectivity index is 1.52. The Labute approximate surface area is 174 Å². The Bertz CT molecular complexity index is 1050. The van der Waals surface area contributed by atoms with Crippen LogP contribution >= 0.6 is 22.9 Å². The summed E-state index contributed by atoms with van der Waals surface area (Å²) in [4.78, 5) is 38.9. The summed E-state index contributed by atoms with van der Waals surface area (Å²) in [6, 6.07) is 11.4. The van der Waals surface area contributed by atoms with Gasteiger partial charge in [0.15, 0.2) is 6.10 Å². The predicted octanol–water partition coefficient (Wildman–Crippen LogP) is 4.36. The Hall–Kier alpha value is -3.04. The molecule has 0 radical (unpaired) electrons. The number of halogens is 1. The van der Waals surface area contributed by atoms with Crippen molar-refractivity contribution in [2.45, 2.75) is 25.9 Å². The average molecular weight is 434 g/mol. The molecule has 0 aliphatic heterocycles. The lowest BCUT2D eigenvalue weighted by molar-refractivity contribution is -0.384. The van der Waals surface area contributed by atoms with Gasteiger partial charge >= 0.3 is 5.97 Å². The van der Waals surface area contributed by atoms with Crippen molar-refractivity contribution < 1.29 is 19.2 Å². The first-order valence-electron chi connectivity index (χ1n) is 8.62. The molecular weight excluding hydrogens is 418 g/mol. The molecule has 0 saturated heterocycles. The molecule has 0 aliphatic rings. The van der Waals surface area contributed by atoms with Crippen LogP contribution in [0.2, 0.25) is 5.02 Å². The van der Waals surface area contributed by atoms with Gasteiger partial charge in [0.2, 0.25) is 0 Å². The molecule has 0 saturated carbocycles. The lowest BCUT2D eigenvalue weighted by Gasteiger charge is -2.14. The highest BCUT2D eigenvalue weighted by atomic mass is 35.5. The van der Waals surface area contributed by atoms with Crippen molar-refractivity contribution in [3.63, 3.8) is 0 Å². The highest BCUT2D eigenvalue weighted by molar-refractivity contribution is 7.18. The molecule has 1 amide bonds. The predicted molar refractivity (Wildman–Crippen MR) is 110 cm³/mol. The summed E-state index contributed by atoms with van der Waals surface area (Å²) < 4.78 is 6.20. The van der Waals surface area contributed by atoms with Crippen molar-refractivity contribution in [2.75, 3.05) is 5.32 Å². The van der Waals surface area contributed by atoms with Gasteiger partial charge in [-0.05, 0) is 25.1 Å². The summed E-state index contributed by atoms with van der Waals surface area (Å²) in [5, 5.41) is 14.1. The maximum atomic E-state index is 12.2. The molecule has 1 unspecified atom stereocenters. The molecule has 0 spiro atoms. The molecule has 150 valence electrons. The first-order chi connectivity index (χ1) is 13.8. The van der Waals surface area contributed by atoms with Crippen LogP contribution in [-0.2, 0) is 20.7 Å². The van der Waals surface area contributed by atoms with E-state index in [1.54, 1.807) is 0 Å². The number of carbonyl (C=O) groups excluding carboxylic acids is 2. The number of amides is 1. The van der Waals surface area contributed by atoms with Crippen LogP contribution in [0.15, 0.2) is 42.5 Å². The van der Waals surface area contributed by atoms with Gasteiger partial charge in [-0.3, -0.25) is 19.7 Å². The first-order valence-corrected chi connectivity index (χ1v) is 9.81. The van der Waals surface area contributed by atoms with E-state index in [9.17, 15) is 19.7 Å². The monoisotopic (exact) mass is 433 g/mol.